The monoisotopic (exact) mass is 248 g/mol. The lowest BCUT2D eigenvalue weighted by Crippen LogP contribution is -2.49. The van der Waals surface area contributed by atoms with Crippen molar-refractivity contribution in [3.63, 3.8) is 0 Å². The summed E-state index contributed by atoms with van der Waals surface area (Å²) in [6.07, 6.45) is 1.55. The topological polar surface area (TPSA) is 79.2 Å². The number of aliphatic hydroxyl groups excluding tert-OH is 3. The van der Waals surface area contributed by atoms with Gasteiger partial charge in [0, 0.05) is 13.0 Å². The summed E-state index contributed by atoms with van der Waals surface area (Å²) in [5.41, 5.74) is 0. The van der Waals surface area contributed by atoms with Crippen molar-refractivity contribution in [2.24, 2.45) is 0 Å². The van der Waals surface area contributed by atoms with Gasteiger partial charge in [-0.3, -0.25) is 0 Å². The lowest BCUT2D eigenvalue weighted by atomic mass is 10.0. The van der Waals surface area contributed by atoms with E-state index in [0.29, 0.717) is 6.61 Å². The number of aliphatic hydroxyl groups is 3. The molecule has 1 rings (SSSR count). The number of ether oxygens (including phenoxy) is 2. The molecule has 3 N–H and O–H groups in total. The zero-order valence-corrected chi connectivity index (χ0v) is 10.4. The standard InChI is InChI=1S/C12H24O5/c1-2-3-4-5-6-16-12-10(15)7-9(14)11(8-13)17-12/h9-15H,2-8H2,1H3/t9-,10+,11+,12-/m1/s1. The molecule has 0 aliphatic carbocycles. The molecule has 0 unspecified atom stereocenters. The average molecular weight is 248 g/mol. The lowest BCUT2D eigenvalue weighted by molar-refractivity contribution is -0.270. The molecule has 1 saturated heterocycles. The average Bonchev–Trinajstić information content (AvgIpc) is 2.31. The Bertz CT molecular complexity index is 199. The summed E-state index contributed by atoms with van der Waals surface area (Å²) in [7, 11) is 0. The van der Waals surface area contributed by atoms with Crippen LogP contribution >= 0.6 is 0 Å². The van der Waals surface area contributed by atoms with Gasteiger partial charge in [0.1, 0.15) is 12.2 Å². The highest BCUT2D eigenvalue weighted by Crippen LogP contribution is 2.21. The van der Waals surface area contributed by atoms with E-state index < -0.39 is 24.6 Å². The van der Waals surface area contributed by atoms with E-state index in [1.54, 1.807) is 0 Å². The van der Waals surface area contributed by atoms with E-state index in [2.05, 4.69) is 6.92 Å². The molecule has 0 bridgehead atoms. The molecule has 0 amide bonds. The minimum absolute atomic E-state index is 0.185. The Balaban J connectivity index is 2.22. The molecule has 102 valence electrons. The van der Waals surface area contributed by atoms with Crippen LogP contribution in [-0.4, -0.2) is 53.1 Å². The van der Waals surface area contributed by atoms with E-state index in [1.807, 2.05) is 0 Å². The molecule has 1 aliphatic rings. The van der Waals surface area contributed by atoms with Gasteiger partial charge in [0.05, 0.1) is 12.7 Å². The first kappa shape index (κ1) is 14.9. The largest absolute Gasteiger partial charge is 0.394 e. The van der Waals surface area contributed by atoms with Crippen molar-refractivity contribution in [1.82, 2.24) is 0 Å². The maximum absolute atomic E-state index is 9.66. The quantitative estimate of drug-likeness (QED) is 0.569. The molecule has 0 aromatic heterocycles. The minimum atomic E-state index is -0.824. The SMILES string of the molecule is CCCCCCO[C@@H]1O[C@@H](CO)[C@H](O)C[C@@H]1O. The Hall–Kier alpha value is -0.200. The fourth-order valence-corrected chi connectivity index (χ4v) is 1.91. The van der Waals surface area contributed by atoms with Crippen LogP contribution < -0.4 is 0 Å². The summed E-state index contributed by atoms with van der Waals surface area (Å²) >= 11 is 0. The Morgan fingerprint density at radius 3 is 2.59 bits per heavy atom. The van der Waals surface area contributed by atoms with Gasteiger partial charge in [0.15, 0.2) is 6.29 Å². The van der Waals surface area contributed by atoms with Crippen LogP contribution in [0, 0.1) is 0 Å². The molecular weight excluding hydrogens is 224 g/mol. The van der Waals surface area contributed by atoms with E-state index in [9.17, 15) is 10.2 Å². The van der Waals surface area contributed by atoms with E-state index in [-0.39, 0.29) is 13.0 Å². The zero-order valence-electron chi connectivity index (χ0n) is 10.4. The third-order valence-electron chi connectivity index (χ3n) is 3.00. The molecule has 17 heavy (non-hydrogen) atoms. The summed E-state index contributed by atoms with van der Waals surface area (Å²) in [5.74, 6) is 0. The Kier molecular flexibility index (Phi) is 6.99. The molecule has 1 aliphatic heterocycles. The molecule has 5 nitrogen and oxygen atoms in total. The Labute approximate surface area is 102 Å². The van der Waals surface area contributed by atoms with Gasteiger partial charge >= 0.3 is 0 Å². The highest BCUT2D eigenvalue weighted by atomic mass is 16.7. The van der Waals surface area contributed by atoms with Gasteiger partial charge < -0.3 is 24.8 Å². The normalized spacial score (nSPS) is 33.9. The maximum Gasteiger partial charge on any atom is 0.184 e. The summed E-state index contributed by atoms with van der Waals surface area (Å²) in [6, 6.07) is 0. The number of rotatable bonds is 7. The van der Waals surface area contributed by atoms with Gasteiger partial charge in [-0.2, -0.15) is 0 Å². The smallest absolute Gasteiger partial charge is 0.184 e. The van der Waals surface area contributed by atoms with Crippen LogP contribution in [0.15, 0.2) is 0 Å². The van der Waals surface area contributed by atoms with Gasteiger partial charge in [0.25, 0.3) is 0 Å². The molecule has 0 aromatic rings. The van der Waals surface area contributed by atoms with Crippen LogP contribution in [0.1, 0.15) is 39.0 Å². The van der Waals surface area contributed by atoms with Crippen molar-refractivity contribution in [3.8, 4) is 0 Å². The maximum atomic E-state index is 9.66. The summed E-state index contributed by atoms with van der Waals surface area (Å²) in [5, 5.41) is 28.1. The number of unbranched alkanes of at least 4 members (excludes halogenated alkanes) is 3. The molecule has 1 heterocycles. The molecule has 0 saturated carbocycles. The fourth-order valence-electron chi connectivity index (χ4n) is 1.91. The van der Waals surface area contributed by atoms with Crippen molar-refractivity contribution in [2.45, 2.75) is 63.6 Å². The van der Waals surface area contributed by atoms with Crippen molar-refractivity contribution in [3.05, 3.63) is 0 Å². The zero-order chi connectivity index (χ0) is 12.7. The first-order valence-corrected chi connectivity index (χ1v) is 6.43. The van der Waals surface area contributed by atoms with Gasteiger partial charge in [-0.05, 0) is 6.42 Å². The highest BCUT2D eigenvalue weighted by Gasteiger charge is 2.36. The van der Waals surface area contributed by atoms with Crippen LogP contribution in [0.5, 0.6) is 0 Å². The van der Waals surface area contributed by atoms with Crippen molar-refractivity contribution in [1.29, 1.82) is 0 Å². The molecule has 0 radical (unpaired) electrons. The molecule has 0 spiro atoms. The third kappa shape index (κ3) is 4.89. The summed E-state index contributed by atoms with van der Waals surface area (Å²) in [6.45, 7) is 2.42. The fraction of sp³-hybridized carbons (Fsp3) is 1.00. The highest BCUT2D eigenvalue weighted by molar-refractivity contribution is 4.80. The van der Waals surface area contributed by atoms with Crippen LogP contribution in [0.3, 0.4) is 0 Å². The minimum Gasteiger partial charge on any atom is -0.394 e. The van der Waals surface area contributed by atoms with Crippen LogP contribution in [0.25, 0.3) is 0 Å². The van der Waals surface area contributed by atoms with Gasteiger partial charge in [0.2, 0.25) is 0 Å². The van der Waals surface area contributed by atoms with Crippen molar-refractivity contribution >= 4 is 0 Å². The van der Waals surface area contributed by atoms with Crippen molar-refractivity contribution < 1.29 is 24.8 Å². The van der Waals surface area contributed by atoms with Gasteiger partial charge in [-0.1, -0.05) is 26.2 Å². The number of hydrogen-bond donors (Lipinski definition) is 3. The lowest BCUT2D eigenvalue weighted by Gasteiger charge is -2.36. The number of hydrogen-bond acceptors (Lipinski definition) is 5. The first-order valence-electron chi connectivity index (χ1n) is 6.43. The van der Waals surface area contributed by atoms with Crippen molar-refractivity contribution in [2.75, 3.05) is 13.2 Å². The second-order valence-corrected chi connectivity index (χ2v) is 4.53. The van der Waals surface area contributed by atoms with E-state index in [1.165, 1.54) is 12.8 Å². The molecule has 5 heteroatoms. The molecule has 4 atom stereocenters. The second-order valence-electron chi connectivity index (χ2n) is 4.53. The third-order valence-corrected chi connectivity index (χ3v) is 3.00. The Morgan fingerprint density at radius 2 is 1.94 bits per heavy atom. The predicted molar refractivity (Wildman–Crippen MR) is 62.5 cm³/mol. The van der Waals surface area contributed by atoms with Crippen LogP contribution in [0.2, 0.25) is 0 Å². The van der Waals surface area contributed by atoms with E-state index >= 15 is 0 Å². The van der Waals surface area contributed by atoms with E-state index in [0.717, 1.165) is 12.8 Å². The molecular formula is C12H24O5. The van der Waals surface area contributed by atoms with Gasteiger partial charge in [-0.25, -0.2) is 0 Å². The summed E-state index contributed by atoms with van der Waals surface area (Å²) in [4.78, 5) is 0. The predicted octanol–water partition coefficient (Wildman–Crippen LogP) is 0.412. The van der Waals surface area contributed by atoms with Gasteiger partial charge in [-0.15, -0.1) is 0 Å². The summed E-state index contributed by atoms with van der Waals surface area (Å²) < 4.78 is 10.7. The first-order chi connectivity index (χ1) is 8.19. The van der Waals surface area contributed by atoms with Crippen LogP contribution in [-0.2, 0) is 9.47 Å². The van der Waals surface area contributed by atoms with Crippen LogP contribution in [0.4, 0.5) is 0 Å². The molecule has 0 aromatic carbocycles. The Morgan fingerprint density at radius 1 is 1.18 bits per heavy atom. The van der Waals surface area contributed by atoms with E-state index in [4.69, 9.17) is 14.6 Å². The molecule has 1 fully saturated rings. The second kappa shape index (κ2) is 8.00.